The van der Waals surface area contributed by atoms with Crippen LogP contribution in [0.5, 0.6) is 0 Å². The highest BCUT2D eigenvalue weighted by Crippen LogP contribution is 2.33. The average molecular weight is 490 g/mol. The molecule has 180 valence electrons. The molecule has 1 atom stereocenters. The van der Waals surface area contributed by atoms with Gasteiger partial charge in [0.05, 0.1) is 17.4 Å². The lowest BCUT2D eigenvalue weighted by Gasteiger charge is -2.37. The number of benzene rings is 3. The Morgan fingerprint density at radius 3 is 2.31 bits per heavy atom. The molecule has 2 aliphatic rings. The Morgan fingerprint density at radius 2 is 1.57 bits per heavy atom. The molecule has 0 saturated carbocycles. The number of sulfonamides is 1. The zero-order valence-corrected chi connectivity index (χ0v) is 20.3. The normalized spacial score (nSPS) is 18.5. The zero-order valence-electron chi connectivity index (χ0n) is 19.5. The summed E-state index contributed by atoms with van der Waals surface area (Å²) in [5.41, 5.74) is 1.94. The van der Waals surface area contributed by atoms with Gasteiger partial charge in [-0.3, -0.25) is 9.59 Å². The number of carbonyl (C=O) groups excluding carboxylic acids is 2. The van der Waals surface area contributed by atoms with Crippen molar-refractivity contribution in [2.75, 3.05) is 26.2 Å². The molecule has 2 amide bonds. The number of piperazine rings is 1. The molecule has 0 bridgehead atoms. The molecule has 7 nitrogen and oxygen atoms in total. The van der Waals surface area contributed by atoms with Gasteiger partial charge in [0.25, 0.3) is 0 Å². The SMILES string of the molecule is CC(=O)N1C=Cc2ccccc2C1CC(=O)N1CCN(S(=O)(=O)c2ccc3ccccc3c2)CC1. The Morgan fingerprint density at radius 1 is 0.886 bits per heavy atom. The van der Waals surface area contributed by atoms with Crippen molar-refractivity contribution >= 4 is 38.7 Å². The Balaban J connectivity index is 1.28. The topological polar surface area (TPSA) is 78.0 Å². The molecule has 2 heterocycles. The minimum absolute atomic E-state index is 0.0888. The molecule has 8 heteroatoms. The van der Waals surface area contributed by atoms with Crippen molar-refractivity contribution in [2.45, 2.75) is 24.3 Å². The van der Waals surface area contributed by atoms with Crippen molar-refractivity contribution in [2.24, 2.45) is 0 Å². The monoisotopic (exact) mass is 489 g/mol. The van der Waals surface area contributed by atoms with Crippen LogP contribution in [0.25, 0.3) is 16.8 Å². The minimum atomic E-state index is -3.66. The summed E-state index contributed by atoms with van der Waals surface area (Å²) in [6.07, 6.45) is 3.77. The van der Waals surface area contributed by atoms with Crippen molar-refractivity contribution < 1.29 is 18.0 Å². The Bertz CT molecular complexity index is 1430. The minimum Gasteiger partial charge on any atom is -0.340 e. The molecular formula is C27H27N3O4S. The second kappa shape index (κ2) is 9.28. The Hall–Kier alpha value is -3.49. The van der Waals surface area contributed by atoms with Gasteiger partial charge < -0.3 is 9.80 Å². The summed E-state index contributed by atoms with van der Waals surface area (Å²) in [6.45, 7) is 2.59. The van der Waals surface area contributed by atoms with E-state index in [0.717, 1.165) is 21.9 Å². The van der Waals surface area contributed by atoms with Crippen LogP contribution in [0.15, 0.2) is 77.8 Å². The number of nitrogens with zero attached hydrogens (tertiary/aromatic N) is 3. The largest absolute Gasteiger partial charge is 0.340 e. The molecule has 0 N–H and O–H groups in total. The van der Waals surface area contributed by atoms with Gasteiger partial charge in [-0.25, -0.2) is 8.42 Å². The van der Waals surface area contributed by atoms with Crippen LogP contribution in [0.1, 0.15) is 30.5 Å². The first-order chi connectivity index (χ1) is 16.8. The van der Waals surface area contributed by atoms with E-state index in [1.54, 1.807) is 28.1 Å². The van der Waals surface area contributed by atoms with Crippen LogP contribution in [0.2, 0.25) is 0 Å². The molecule has 35 heavy (non-hydrogen) atoms. The van der Waals surface area contributed by atoms with E-state index in [4.69, 9.17) is 0 Å². The number of hydrogen-bond acceptors (Lipinski definition) is 4. The van der Waals surface area contributed by atoms with Gasteiger partial charge in [-0.1, -0.05) is 54.6 Å². The maximum Gasteiger partial charge on any atom is 0.243 e. The predicted molar refractivity (Wildman–Crippen MR) is 135 cm³/mol. The summed E-state index contributed by atoms with van der Waals surface area (Å²) in [7, 11) is -3.66. The highest BCUT2D eigenvalue weighted by molar-refractivity contribution is 7.89. The highest BCUT2D eigenvalue weighted by Gasteiger charge is 2.33. The molecule has 3 aromatic carbocycles. The molecule has 0 aliphatic carbocycles. The van der Waals surface area contributed by atoms with Gasteiger partial charge in [0.1, 0.15) is 0 Å². The van der Waals surface area contributed by atoms with E-state index < -0.39 is 10.0 Å². The standard InChI is InChI=1S/C27H27N3O4S/c1-20(31)30-13-12-22-7-4-5-9-25(22)26(30)19-27(32)28-14-16-29(17-15-28)35(33,34)24-11-10-21-6-2-3-8-23(21)18-24/h2-13,18,26H,14-17,19H2,1H3. The average Bonchev–Trinajstić information content (AvgIpc) is 2.88. The summed E-state index contributed by atoms with van der Waals surface area (Å²) in [6, 6.07) is 20.2. The molecule has 0 radical (unpaired) electrons. The smallest absolute Gasteiger partial charge is 0.243 e. The molecule has 0 spiro atoms. The van der Waals surface area contributed by atoms with Crippen LogP contribution < -0.4 is 0 Å². The maximum atomic E-state index is 13.3. The second-order valence-corrected chi connectivity index (χ2v) is 10.8. The van der Waals surface area contributed by atoms with Crippen molar-refractivity contribution in [3.8, 4) is 0 Å². The first-order valence-corrected chi connectivity index (χ1v) is 13.1. The van der Waals surface area contributed by atoms with Crippen LogP contribution in [-0.4, -0.2) is 60.5 Å². The van der Waals surface area contributed by atoms with E-state index in [1.807, 2.05) is 60.7 Å². The molecule has 1 saturated heterocycles. The van der Waals surface area contributed by atoms with Gasteiger partial charge in [-0.15, -0.1) is 0 Å². The van der Waals surface area contributed by atoms with Gasteiger partial charge >= 0.3 is 0 Å². The first-order valence-electron chi connectivity index (χ1n) is 11.7. The summed E-state index contributed by atoms with van der Waals surface area (Å²) >= 11 is 0. The lowest BCUT2D eigenvalue weighted by atomic mass is 9.93. The van der Waals surface area contributed by atoms with E-state index in [2.05, 4.69) is 0 Å². The Labute approximate surface area is 205 Å². The summed E-state index contributed by atoms with van der Waals surface area (Å²) in [4.78, 5) is 29.0. The molecule has 3 aromatic rings. The van der Waals surface area contributed by atoms with Gasteiger partial charge in [-0.05, 0) is 40.1 Å². The highest BCUT2D eigenvalue weighted by atomic mass is 32.2. The molecule has 1 unspecified atom stereocenters. The number of rotatable bonds is 4. The Kier molecular flexibility index (Phi) is 6.17. The maximum absolute atomic E-state index is 13.3. The molecule has 2 aliphatic heterocycles. The first kappa shape index (κ1) is 23.3. The lowest BCUT2D eigenvalue weighted by molar-refractivity contribution is -0.135. The van der Waals surface area contributed by atoms with Crippen LogP contribution in [-0.2, 0) is 19.6 Å². The molecule has 1 fully saturated rings. The van der Waals surface area contributed by atoms with E-state index in [9.17, 15) is 18.0 Å². The van der Waals surface area contributed by atoms with Gasteiger partial charge in [0, 0.05) is 39.3 Å². The second-order valence-electron chi connectivity index (χ2n) is 8.88. The number of amides is 2. The fraction of sp³-hybridized carbons (Fsp3) is 0.259. The summed E-state index contributed by atoms with van der Waals surface area (Å²) in [5, 5.41) is 1.86. The number of carbonyl (C=O) groups is 2. The van der Waals surface area contributed by atoms with Crippen molar-refractivity contribution in [3.63, 3.8) is 0 Å². The van der Waals surface area contributed by atoms with Crippen LogP contribution in [0.4, 0.5) is 0 Å². The van der Waals surface area contributed by atoms with E-state index >= 15 is 0 Å². The van der Waals surface area contributed by atoms with Crippen LogP contribution in [0.3, 0.4) is 0 Å². The van der Waals surface area contributed by atoms with E-state index in [1.165, 1.54) is 11.2 Å². The molecule has 5 rings (SSSR count). The fourth-order valence-electron chi connectivity index (χ4n) is 4.86. The van der Waals surface area contributed by atoms with Crippen molar-refractivity contribution in [1.82, 2.24) is 14.1 Å². The van der Waals surface area contributed by atoms with Crippen molar-refractivity contribution in [3.05, 3.63) is 84.1 Å². The fourth-order valence-corrected chi connectivity index (χ4v) is 6.32. The van der Waals surface area contributed by atoms with Crippen molar-refractivity contribution in [1.29, 1.82) is 0 Å². The van der Waals surface area contributed by atoms with Crippen LogP contribution in [0, 0.1) is 0 Å². The van der Waals surface area contributed by atoms with Gasteiger partial charge in [0.15, 0.2) is 0 Å². The van der Waals surface area contributed by atoms with E-state index in [-0.39, 0.29) is 42.3 Å². The molecular weight excluding hydrogens is 462 g/mol. The van der Waals surface area contributed by atoms with Crippen LogP contribution >= 0.6 is 0 Å². The third kappa shape index (κ3) is 4.47. The summed E-state index contributed by atoms with van der Waals surface area (Å²) < 4.78 is 27.9. The molecule has 0 aromatic heterocycles. The summed E-state index contributed by atoms with van der Waals surface area (Å²) in [5.74, 6) is -0.214. The lowest BCUT2D eigenvalue weighted by Crippen LogP contribution is -2.51. The third-order valence-electron chi connectivity index (χ3n) is 6.79. The zero-order chi connectivity index (χ0) is 24.6. The predicted octanol–water partition coefficient (Wildman–Crippen LogP) is 3.64. The number of hydrogen-bond donors (Lipinski definition) is 0. The quantitative estimate of drug-likeness (QED) is 0.561. The van der Waals surface area contributed by atoms with Gasteiger partial charge in [0.2, 0.25) is 21.8 Å². The van der Waals surface area contributed by atoms with E-state index in [0.29, 0.717) is 13.1 Å². The van der Waals surface area contributed by atoms with Gasteiger partial charge in [-0.2, -0.15) is 4.31 Å². The number of fused-ring (bicyclic) bond motifs is 2. The third-order valence-corrected chi connectivity index (χ3v) is 8.68.